The number of hydrogen-bond acceptors (Lipinski definition) is 8. The Morgan fingerprint density at radius 1 is 1.06 bits per heavy atom. The molecule has 2 N–H and O–H groups in total. The topological polar surface area (TPSA) is 97.7 Å². The number of aromatic nitrogens is 5. The zero-order valence-electron chi connectivity index (χ0n) is 15.6. The lowest BCUT2D eigenvalue weighted by Gasteiger charge is -2.13. The summed E-state index contributed by atoms with van der Waals surface area (Å²) in [7, 11) is 0. The number of anilines is 3. The fourth-order valence-corrected chi connectivity index (χ4v) is 4.28. The van der Waals surface area contributed by atoms with Gasteiger partial charge in [-0.2, -0.15) is 28.1 Å². The molecule has 3 aromatic rings. The first kappa shape index (κ1) is 18.4. The summed E-state index contributed by atoms with van der Waals surface area (Å²) in [5.41, 5.74) is -1.06. The van der Waals surface area contributed by atoms with Crippen LogP contribution in [0.3, 0.4) is 0 Å². The van der Waals surface area contributed by atoms with Gasteiger partial charge < -0.3 is 15.4 Å². The number of nitrogens with one attached hydrogen (secondary N) is 2. The van der Waals surface area contributed by atoms with E-state index in [9.17, 15) is 17.6 Å². The van der Waals surface area contributed by atoms with Crippen LogP contribution in [0.15, 0.2) is 36.7 Å². The van der Waals surface area contributed by atoms with Gasteiger partial charge in [0.05, 0.1) is 36.3 Å². The number of fused-ring (bicyclic) bond motifs is 1. The van der Waals surface area contributed by atoms with Gasteiger partial charge in [0.2, 0.25) is 11.9 Å². The fraction of sp³-hybridized carbons (Fsp3) is 0.316. The van der Waals surface area contributed by atoms with Crippen LogP contribution in [0.2, 0.25) is 0 Å². The molecule has 2 saturated carbocycles. The van der Waals surface area contributed by atoms with Gasteiger partial charge in [0, 0.05) is 17.9 Å². The summed E-state index contributed by atoms with van der Waals surface area (Å²) in [5.74, 6) is 0.358. The Bertz CT molecular complexity index is 1180. The first-order valence-electron chi connectivity index (χ1n) is 9.43. The van der Waals surface area contributed by atoms with Crippen molar-refractivity contribution in [2.75, 3.05) is 17.2 Å². The summed E-state index contributed by atoms with van der Waals surface area (Å²) in [5, 5.41) is 6.07. The number of alkyl halides is 3. The Balaban J connectivity index is 1.38. The molecule has 3 unspecified atom stereocenters. The Labute approximate surface area is 172 Å². The maximum atomic E-state index is 13.5. The summed E-state index contributed by atoms with van der Waals surface area (Å²) in [6.45, 7) is 0.662. The van der Waals surface area contributed by atoms with Crippen molar-refractivity contribution in [3.63, 3.8) is 0 Å². The molecular formula is C19H13F4N7O. The molecule has 0 aromatic carbocycles. The molecule has 8 nitrogen and oxygen atoms in total. The Hall–Kier alpha value is -3.41. The van der Waals surface area contributed by atoms with Crippen molar-refractivity contribution in [2.24, 2.45) is 11.8 Å². The van der Waals surface area contributed by atoms with Crippen LogP contribution >= 0.6 is 0 Å². The van der Waals surface area contributed by atoms with Gasteiger partial charge in [-0.15, -0.1) is 0 Å². The van der Waals surface area contributed by atoms with E-state index in [4.69, 9.17) is 4.74 Å². The predicted octanol–water partition coefficient (Wildman–Crippen LogP) is 3.04. The minimum atomic E-state index is -4.61. The second-order valence-corrected chi connectivity index (χ2v) is 7.67. The standard InChI is InChI=1S/C19H13F4N7O/c20-8-4-9(6-24-5-8)25-16-27-15(11-2-1-3-12(26-11)19(21,22)23)28-17(29-16)30-18-10-7-31-14(18)13(10)18/h1-6,10,13-14H,7H2,(H2,25,27,28,29,30)/t10?,13?,14?,18-/m0/s1. The Morgan fingerprint density at radius 3 is 2.61 bits per heavy atom. The Morgan fingerprint density at radius 2 is 1.90 bits per heavy atom. The molecule has 2 aliphatic carbocycles. The molecule has 2 aliphatic heterocycles. The van der Waals surface area contributed by atoms with Crippen LogP contribution in [0.25, 0.3) is 11.5 Å². The number of rotatable bonds is 5. The smallest absolute Gasteiger partial charge is 0.375 e. The molecule has 0 amide bonds. The highest BCUT2D eigenvalue weighted by atomic mass is 19.4. The highest BCUT2D eigenvalue weighted by Gasteiger charge is 2.92. The van der Waals surface area contributed by atoms with E-state index in [1.807, 2.05) is 0 Å². The molecule has 5 heterocycles. The second kappa shape index (κ2) is 6.06. The van der Waals surface area contributed by atoms with Gasteiger partial charge in [-0.25, -0.2) is 9.37 Å². The SMILES string of the molecule is Fc1cncc(Nc2nc(N[C@]34C5COC3C54)nc(-c3cccc(C(F)(F)F)n3)n2)c1. The van der Waals surface area contributed by atoms with Gasteiger partial charge in [0.15, 0.2) is 5.82 Å². The lowest BCUT2D eigenvalue weighted by molar-refractivity contribution is -0.141. The maximum Gasteiger partial charge on any atom is 0.433 e. The van der Waals surface area contributed by atoms with Crippen molar-refractivity contribution >= 4 is 17.6 Å². The molecule has 2 bridgehead atoms. The third-order valence-corrected chi connectivity index (χ3v) is 5.83. The second-order valence-electron chi connectivity index (χ2n) is 7.67. The van der Waals surface area contributed by atoms with Crippen LogP contribution in [0, 0.1) is 17.7 Å². The van der Waals surface area contributed by atoms with E-state index in [1.54, 1.807) is 0 Å². The molecule has 4 aliphatic rings. The number of nitrogens with zero attached hydrogens (tertiary/aromatic N) is 5. The van der Waals surface area contributed by atoms with Crippen LogP contribution in [0.4, 0.5) is 35.1 Å². The summed E-state index contributed by atoms with van der Waals surface area (Å²) in [4.78, 5) is 20.2. The van der Waals surface area contributed by atoms with Gasteiger partial charge in [-0.3, -0.25) is 4.98 Å². The summed E-state index contributed by atoms with van der Waals surface area (Å²) >= 11 is 0. The minimum Gasteiger partial charge on any atom is -0.375 e. The van der Waals surface area contributed by atoms with E-state index in [2.05, 4.69) is 35.6 Å². The van der Waals surface area contributed by atoms with Crippen LogP contribution < -0.4 is 10.6 Å². The van der Waals surface area contributed by atoms with E-state index < -0.39 is 17.7 Å². The highest BCUT2D eigenvalue weighted by molar-refractivity contribution is 5.61. The van der Waals surface area contributed by atoms with Gasteiger partial charge in [-0.05, 0) is 12.1 Å². The van der Waals surface area contributed by atoms with Crippen LogP contribution in [0.5, 0.6) is 0 Å². The quantitative estimate of drug-likeness (QED) is 0.595. The molecule has 7 rings (SSSR count). The van der Waals surface area contributed by atoms with E-state index >= 15 is 0 Å². The fourth-order valence-electron chi connectivity index (χ4n) is 4.28. The minimum absolute atomic E-state index is 0.0154. The molecular weight excluding hydrogens is 418 g/mol. The molecule has 2 saturated heterocycles. The monoisotopic (exact) mass is 431 g/mol. The van der Waals surface area contributed by atoms with E-state index in [-0.39, 0.29) is 40.7 Å². The summed E-state index contributed by atoms with van der Waals surface area (Å²) < 4.78 is 58.4. The van der Waals surface area contributed by atoms with Gasteiger partial charge in [-0.1, -0.05) is 6.07 Å². The van der Waals surface area contributed by atoms with Gasteiger partial charge in [0.25, 0.3) is 0 Å². The van der Waals surface area contributed by atoms with Gasteiger partial charge >= 0.3 is 6.18 Å². The van der Waals surface area contributed by atoms with E-state index in [0.717, 1.165) is 12.3 Å². The third kappa shape index (κ3) is 2.89. The maximum absolute atomic E-state index is 13.5. The lowest BCUT2D eigenvalue weighted by atomic mass is 10.2. The summed E-state index contributed by atoms with van der Waals surface area (Å²) in [6, 6.07) is 4.67. The lowest BCUT2D eigenvalue weighted by Crippen LogP contribution is -2.23. The molecule has 12 heteroatoms. The van der Waals surface area contributed by atoms with Gasteiger partial charge in [0.1, 0.15) is 17.2 Å². The number of hydrogen-bond donors (Lipinski definition) is 2. The molecule has 3 aromatic heterocycles. The average Bonchev–Trinajstić information content (AvgIpc) is 3.35. The van der Waals surface area contributed by atoms with Crippen molar-refractivity contribution in [1.29, 1.82) is 0 Å². The van der Waals surface area contributed by atoms with E-state index in [1.165, 1.54) is 24.4 Å². The highest BCUT2D eigenvalue weighted by Crippen LogP contribution is 2.78. The normalized spacial score (nSPS) is 27.5. The van der Waals surface area contributed by atoms with Crippen LogP contribution in [0.1, 0.15) is 5.69 Å². The number of ether oxygens (including phenoxy) is 1. The molecule has 0 radical (unpaired) electrons. The first-order chi connectivity index (χ1) is 14.8. The van der Waals surface area contributed by atoms with Crippen molar-refractivity contribution < 1.29 is 22.3 Å². The van der Waals surface area contributed by atoms with Crippen molar-refractivity contribution in [3.05, 3.63) is 48.2 Å². The van der Waals surface area contributed by atoms with Crippen LogP contribution in [-0.2, 0) is 10.9 Å². The van der Waals surface area contributed by atoms with Crippen molar-refractivity contribution in [3.8, 4) is 11.5 Å². The Kier molecular flexibility index (Phi) is 3.59. The zero-order valence-corrected chi connectivity index (χ0v) is 15.6. The molecule has 0 spiro atoms. The predicted molar refractivity (Wildman–Crippen MR) is 98.6 cm³/mol. The molecule has 31 heavy (non-hydrogen) atoms. The number of halogens is 4. The largest absolute Gasteiger partial charge is 0.433 e. The third-order valence-electron chi connectivity index (χ3n) is 5.83. The number of pyridine rings is 2. The van der Waals surface area contributed by atoms with Crippen molar-refractivity contribution in [1.82, 2.24) is 24.9 Å². The molecule has 4 fully saturated rings. The van der Waals surface area contributed by atoms with Crippen LogP contribution in [-0.4, -0.2) is 43.2 Å². The summed E-state index contributed by atoms with van der Waals surface area (Å²) in [6.07, 6.45) is -2.09. The van der Waals surface area contributed by atoms with Crippen molar-refractivity contribution in [2.45, 2.75) is 17.8 Å². The zero-order chi connectivity index (χ0) is 21.4. The molecule has 4 atom stereocenters. The van der Waals surface area contributed by atoms with E-state index in [0.29, 0.717) is 18.4 Å². The molecule has 158 valence electrons. The first-order valence-corrected chi connectivity index (χ1v) is 9.43. The average molecular weight is 431 g/mol.